The van der Waals surface area contributed by atoms with Crippen LogP contribution in [0.15, 0.2) is 71.3 Å². The maximum Gasteiger partial charge on any atom is 0.291 e. The molecule has 0 radical (unpaired) electrons. The molecule has 9 heteroatoms. The van der Waals surface area contributed by atoms with Crippen LogP contribution in [0.25, 0.3) is 0 Å². The van der Waals surface area contributed by atoms with Crippen LogP contribution in [0.1, 0.15) is 26.5 Å². The lowest BCUT2D eigenvalue weighted by molar-refractivity contribution is 0.0950. The van der Waals surface area contributed by atoms with Gasteiger partial charge in [0.05, 0.1) is 18.2 Å². The quantitative estimate of drug-likeness (QED) is 0.551. The number of carbonyl (C=O) groups excluding carboxylic acids is 2. The highest BCUT2D eigenvalue weighted by atomic mass is 32.2. The zero-order chi connectivity index (χ0) is 20.9. The van der Waals surface area contributed by atoms with E-state index in [0.717, 1.165) is 6.26 Å². The maximum atomic E-state index is 12.4. The zero-order valence-electron chi connectivity index (χ0n) is 15.5. The first kappa shape index (κ1) is 20.2. The number of nitrogens with one attached hydrogen (secondary N) is 3. The summed E-state index contributed by atoms with van der Waals surface area (Å²) < 4.78 is 30.4. The van der Waals surface area contributed by atoms with Gasteiger partial charge in [0.15, 0.2) is 5.76 Å². The lowest BCUT2D eigenvalue weighted by Crippen LogP contribution is -2.23. The second-order valence-electron chi connectivity index (χ2n) is 6.22. The summed E-state index contributed by atoms with van der Waals surface area (Å²) in [5.74, 6) is -0.529. The van der Waals surface area contributed by atoms with E-state index < -0.39 is 10.0 Å². The van der Waals surface area contributed by atoms with Gasteiger partial charge in [0.2, 0.25) is 10.0 Å². The van der Waals surface area contributed by atoms with Crippen LogP contribution in [-0.2, 0) is 16.6 Å². The largest absolute Gasteiger partial charge is 0.459 e. The lowest BCUT2D eigenvalue weighted by atomic mass is 10.1. The number of benzene rings is 2. The van der Waals surface area contributed by atoms with E-state index >= 15 is 0 Å². The fraction of sp³-hybridized carbons (Fsp3) is 0.100. The van der Waals surface area contributed by atoms with Gasteiger partial charge in [-0.05, 0) is 48.0 Å². The van der Waals surface area contributed by atoms with Crippen molar-refractivity contribution in [3.05, 3.63) is 83.8 Å². The number of para-hydroxylation sites is 1. The molecule has 29 heavy (non-hydrogen) atoms. The maximum absolute atomic E-state index is 12.4. The van der Waals surface area contributed by atoms with Crippen LogP contribution in [0, 0.1) is 0 Å². The number of hydrogen-bond donors (Lipinski definition) is 3. The topological polar surface area (TPSA) is 118 Å². The second-order valence-corrected chi connectivity index (χ2v) is 7.97. The SMILES string of the molecule is CS(=O)(=O)Nc1ccccc1CNC(=O)c1ccc(NC(=O)c2ccco2)cc1. The van der Waals surface area contributed by atoms with Crippen LogP contribution in [0.4, 0.5) is 11.4 Å². The van der Waals surface area contributed by atoms with E-state index in [9.17, 15) is 18.0 Å². The Bertz CT molecular complexity index is 1110. The first-order valence-corrected chi connectivity index (χ1v) is 10.5. The van der Waals surface area contributed by atoms with Crippen molar-refractivity contribution in [2.45, 2.75) is 6.54 Å². The molecule has 0 fully saturated rings. The summed E-state index contributed by atoms with van der Waals surface area (Å²) in [5, 5.41) is 5.42. The zero-order valence-corrected chi connectivity index (χ0v) is 16.3. The molecule has 150 valence electrons. The van der Waals surface area contributed by atoms with Crippen molar-refractivity contribution in [1.29, 1.82) is 0 Å². The van der Waals surface area contributed by atoms with Gasteiger partial charge in [-0.15, -0.1) is 0 Å². The Morgan fingerprint density at radius 3 is 2.31 bits per heavy atom. The number of rotatable bonds is 7. The molecule has 8 nitrogen and oxygen atoms in total. The molecule has 0 aliphatic carbocycles. The molecule has 0 aliphatic heterocycles. The first-order chi connectivity index (χ1) is 13.8. The molecular formula is C20H19N3O5S. The normalized spacial score (nSPS) is 10.9. The molecule has 0 aliphatic rings. The van der Waals surface area contributed by atoms with Crippen LogP contribution in [0.5, 0.6) is 0 Å². The predicted octanol–water partition coefficient (Wildman–Crippen LogP) is 2.83. The number of anilines is 2. The van der Waals surface area contributed by atoms with E-state index in [4.69, 9.17) is 4.42 Å². The van der Waals surface area contributed by atoms with Gasteiger partial charge in [-0.1, -0.05) is 18.2 Å². The minimum atomic E-state index is -3.43. The van der Waals surface area contributed by atoms with Gasteiger partial charge in [-0.25, -0.2) is 8.42 Å². The molecule has 0 atom stereocenters. The Morgan fingerprint density at radius 1 is 0.931 bits per heavy atom. The van der Waals surface area contributed by atoms with Crippen LogP contribution < -0.4 is 15.4 Å². The minimum absolute atomic E-state index is 0.147. The molecule has 0 bridgehead atoms. The second kappa shape index (κ2) is 8.61. The average molecular weight is 413 g/mol. The summed E-state index contributed by atoms with van der Waals surface area (Å²) in [5.41, 5.74) is 1.96. The molecule has 0 saturated heterocycles. The lowest BCUT2D eigenvalue weighted by Gasteiger charge is -2.12. The van der Waals surface area contributed by atoms with Gasteiger partial charge in [-0.3, -0.25) is 14.3 Å². The third kappa shape index (κ3) is 5.69. The van der Waals surface area contributed by atoms with Crippen LogP contribution >= 0.6 is 0 Å². The highest BCUT2D eigenvalue weighted by molar-refractivity contribution is 7.92. The van der Waals surface area contributed by atoms with Crippen molar-refractivity contribution in [2.24, 2.45) is 0 Å². The summed E-state index contributed by atoms with van der Waals surface area (Å²) in [4.78, 5) is 24.3. The number of hydrogen-bond acceptors (Lipinski definition) is 5. The fourth-order valence-electron chi connectivity index (χ4n) is 2.56. The fourth-order valence-corrected chi connectivity index (χ4v) is 3.16. The molecule has 1 heterocycles. The molecule has 0 saturated carbocycles. The van der Waals surface area contributed by atoms with Gasteiger partial charge in [-0.2, -0.15) is 0 Å². The third-order valence-corrected chi connectivity index (χ3v) is 4.49. The Morgan fingerprint density at radius 2 is 1.66 bits per heavy atom. The van der Waals surface area contributed by atoms with Crippen molar-refractivity contribution in [3.63, 3.8) is 0 Å². The molecule has 0 spiro atoms. The average Bonchev–Trinajstić information content (AvgIpc) is 3.21. The number of sulfonamides is 1. The van der Waals surface area contributed by atoms with Crippen LogP contribution in [0.2, 0.25) is 0 Å². The Balaban J connectivity index is 1.61. The van der Waals surface area contributed by atoms with E-state index in [0.29, 0.717) is 22.5 Å². The Labute approximate surface area is 168 Å². The van der Waals surface area contributed by atoms with Gasteiger partial charge in [0, 0.05) is 17.8 Å². The Kier molecular flexibility index (Phi) is 5.99. The van der Waals surface area contributed by atoms with Crippen molar-refractivity contribution in [1.82, 2.24) is 5.32 Å². The van der Waals surface area contributed by atoms with Crippen molar-refractivity contribution in [3.8, 4) is 0 Å². The van der Waals surface area contributed by atoms with E-state index in [2.05, 4.69) is 15.4 Å². The monoisotopic (exact) mass is 413 g/mol. The highest BCUT2D eigenvalue weighted by Gasteiger charge is 2.11. The molecule has 2 amide bonds. The van der Waals surface area contributed by atoms with Crippen molar-refractivity contribution < 1.29 is 22.4 Å². The van der Waals surface area contributed by atoms with Gasteiger partial charge < -0.3 is 15.1 Å². The molecule has 3 N–H and O–H groups in total. The molecule has 3 rings (SSSR count). The summed E-state index contributed by atoms with van der Waals surface area (Å²) in [6.45, 7) is 0.147. The van der Waals surface area contributed by atoms with E-state index in [1.54, 1.807) is 60.7 Å². The van der Waals surface area contributed by atoms with E-state index in [1.807, 2.05) is 0 Å². The van der Waals surface area contributed by atoms with E-state index in [1.165, 1.54) is 6.26 Å². The van der Waals surface area contributed by atoms with Crippen LogP contribution in [0.3, 0.4) is 0 Å². The summed E-state index contributed by atoms with van der Waals surface area (Å²) in [6, 6.07) is 16.3. The number of carbonyl (C=O) groups is 2. The molecule has 1 aromatic heterocycles. The Hall–Kier alpha value is -3.59. The standard InChI is InChI=1S/C20H19N3O5S/c1-29(26,27)23-17-6-3-2-5-15(17)13-21-19(24)14-8-10-16(11-9-14)22-20(25)18-7-4-12-28-18/h2-12,23H,13H2,1H3,(H,21,24)(H,22,25). The smallest absolute Gasteiger partial charge is 0.291 e. The third-order valence-electron chi connectivity index (χ3n) is 3.90. The summed E-state index contributed by atoms with van der Waals surface area (Å²) in [6.07, 6.45) is 2.47. The molecule has 2 aromatic carbocycles. The van der Waals surface area contributed by atoms with Crippen molar-refractivity contribution >= 4 is 33.2 Å². The molecule has 0 unspecified atom stereocenters. The highest BCUT2D eigenvalue weighted by Crippen LogP contribution is 2.17. The number of amides is 2. The van der Waals surface area contributed by atoms with Crippen molar-refractivity contribution in [2.75, 3.05) is 16.3 Å². The van der Waals surface area contributed by atoms with Gasteiger partial charge in [0.1, 0.15) is 0 Å². The summed E-state index contributed by atoms with van der Waals surface area (Å²) >= 11 is 0. The first-order valence-electron chi connectivity index (χ1n) is 8.60. The van der Waals surface area contributed by atoms with Gasteiger partial charge >= 0.3 is 0 Å². The minimum Gasteiger partial charge on any atom is -0.459 e. The molecule has 3 aromatic rings. The summed E-state index contributed by atoms with van der Waals surface area (Å²) in [7, 11) is -3.43. The van der Waals surface area contributed by atoms with Gasteiger partial charge in [0.25, 0.3) is 11.8 Å². The molecular weight excluding hydrogens is 394 g/mol. The van der Waals surface area contributed by atoms with Crippen LogP contribution in [-0.4, -0.2) is 26.5 Å². The predicted molar refractivity (Wildman–Crippen MR) is 109 cm³/mol. The number of furan rings is 1. The van der Waals surface area contributed by atoms with E-state index in [-0.39, 0.29) is 24.1 Å².